The third-order valence-corrected chi connectivity index (χ3v) is 6.51. The molecule has 9 heteroatoms. The van der Waals surface area contributed by atoms with Gasteiger partial charge in [0.25, 0.3) is 0 Å². The number of aromatic nitrogens is 4. The number of carbonyl (C=O) groups excluding carboxylic acids is 1. The smallest absolute Gasteiger partial charge is 0.159 e. The molecule has 0 bridgehead atoms. The SMILES string of the molecule is C=O.CCC(O)C1C=C(C)C(c2cc3cnc(NCC4CC4F)cc3nc2-c2nccn2C)=CN1. The molecule has 4 unspecified atom stereocenters. The normalized spacial score (nSPS) is 21.8. The topological polar surface area (TPSA) is 105 Å². The predicted molar refractivity (Wildman–Crippen MR) is 135 cm³/mol. The zero-order valence-corrected chi connectivity index (χ0v) is 20.2. The van der Waals surface area contributed by atoms with Gasteiger partial charge < -0.3 is 25.1 Å². The summed E-state index contributed by atoms with van der Waals surface area (Å²) in [4.78, 5) is 22.1. The number of allylic oxidation sites excluding steroid dienone is 2. The van der Waals surface area contributed by atoms with Crippen LogP contribution in [0.15, 0.2) is 48.6 Å². The van der Waals surface area contributed by atoms with Crippen molar-refractivity contribution < 1.29 is 14.3 Å². The van der Waals surface area contributed by atoms with Crippen LogP contribution in [0.5, 0.6) is 0 Å². The molecule has 4 atom stereocenters. The maximum atomic E-state index is 13.2. The molecule has 0 radical (unpaired) electrons. The number of rotatable bonds is 7. The van der Waals surface area contributed by atoms with Crippen molar-refractivity contribution in [2.75, 3.05) is 11.9 Å². The fourth-order valence-corrected chi connectivity index (χ4v) is 4.26. The number of alkyl halides is 1. The highest BCUT2D eigenvalue weighted by molar-refractivity contribution is 5.93. The first-order chi connectivity index (χ1) is 16.9. The molecule has 3 aromatic rings. The van der Waals surface area contributed by atoms with E-state index in [-0.39, 0.29) is 12.0 Å². The van der Waals surface area contributed by atoms with E-state index in [1.807, 2.05) is 43.8 Å². The van der Waals surface area contributed by atoms with Crippen LogP contribution in [-0.2, 0) is 11.8 Å². The molecule has 35 heavy (non-hydrogen) atoms. The Kier molecular flexibility index (Phi) is 7.25. The molecule has 184 valence electrons. The molecular formula is C26H31FN6O2. The Labute approximate surface area is 204 Å². The van der Waals surface area contributed by atoms with E-state index in [0.29, 0.717) is 25.2 Å². The minimum atomic E-state index is -0.694. The van der Waals surface area contributed by atoms with E-state index >= 15 is 0 Å². The van der Waals surface area contributed by atoms with Gasteiger partial charge in [-0.3, -0.25) is 0 Å². The van der Waals surface area contributed by atoms with Crippen molar-refractivity contribution in [1.82, 2.24) is 24.8 Å². The third-order valence-electron chi connectivity index (χ3n) is 6.51. The first-order valence-electron chi connectivity index (χ1n) is 11.7. The summed E-state index contributed by atoms with van der Waals surface area (Å²) >= 11 is 0. The van der Waals surface area contributed by atoms with Crippen molar-refractivity contribution in [1.29, 1.82) is 0 Å². The summed E-state index contributed by atoms with van der Waals surface area (Å²) < 4.78 is 15.2. The van der Waals surface area contributed by atoms with Crippen LogP contribution in [0.4, 0.5) is 10.2 Å². The molecule has 0 spiro atoms. The van der Waals surface area contributed by atoms with Crippen LogP contribution in [-0.4, -0.2) is 56.3 Å². The number of hydrogen-bond donors (Lipinski definition) is 3. The van der Waals surface area contributed by atoms with Crippen LogP contribution in [0, 0.1) is 5.92 Å². The van der Waals surface area contributed by atoms with Crippen LogP contribution >= 0.6 is 0 Å². The number of aliphatic hydroxyl groups excluding tert-OH is 1. The van der Waals surface area contributed by atoms with Crippen LogP contribution in [0.1, 0.15) is 32.3 Å². The first kappa shape index (κ1) is 24.5. The molecular weight excluding hydrogens is 447 g/mol. The average molecular weight is 479 g/mol. The summed E-state index contributed by atoms with van der Waals surface area (Å²) in [6.45, 7) is 6.60. The van der Waals surface area contributed by atoms with Gasteiger partial charge in [0.05, 0.1) is 17.7 Å². The molecule has 5 rings (SSSR count). The van der Waals surface area contributed by atoms with Gasteiger partial charge in [-0.05, 0) is 31.4 Å². The Morgan fingerprint density at radius 1 is 1.34 bits per heavy atom. The molecule has 1 aliphatic carbocycles. The van der Waals surface area contributed by atoms with Gasteiger partial charge in [0.1, 0.15) is 24.5 Å². The van der Waals surface area contributed by atoms with E-state index in [9.17, 15) is 9.50 Å². The molecule has 1 saturated carbocycles. The second-order valence-corrected chi connectivity index (χ2v) is 8.98. The summed E-state index contributed by atoms with van der Waals surface area (Å²) in [7, 11) is 1.95. The van der Waals surface area contributed by atoms with E-state index in [2.05, 4.69) is 39.7 Å². The van der Waals surface area contributed by atoms with Crippen LogP contribution in [0.3, 0.4) is 0 Å². The van der Waals surface area contributed by atoms with Gasteiger partial charge in [-0.25, -0.2) is 19.3 Å². The minimum absolute atomic E-state index is 0.0801. The number of aliphatic hydroxyl groups is 1. The van der Waals surface area contributed by atoms with E-state index in [1.165, 1.54) is 0 Å². The number of halogens is 1. The second-order valence-electron chi connectivity index (χ2n) is 8.98. The van der Waals surface area contributed by atoms with Gasteiger partial charge in [-0.15, -0.1) is 0 Å². The number of dihydropyridines is 1. The highest BCUT2D eigenvalue weighted by Crippen LogP contribution is 2.36. The summed E-state index contributed by atoms with van der Waals surface area (Å²) in [5, 5.41) is 17.7. The molecule has 0 aromatic carbocycles. The van der Waals surface area contributed by atoms with E-state index in [4.69, 9.17) is 9.78 Å². The van der Waals surface area contributed by atoms with Gasteiger partial charge in [0, 0.05) is 66.9 Å². The number of aryl methyl sites for hydroxylation is 1. The molecule has 0 amide bonds. The van der Waals surface area contributed by atoms with Crippen molar-refractivity contribution in [2.24, 2.45) is 13.0 Å². The second kappa shape index (κ2) is 10.4. The average Bonchev–Trinajstić information content (AvgIpc) is 3.42. The quantitative estimate of drug-likeness (QED) is 0.476. The number of nitrogens with one attached hydrogen (secondary N) is 2. The highest BCUT2D eigenvalue weighted by Gasteiger charge is 2.36. The van der Waals surface area contributed by atoms with Crippen molar-refractivity contribution >= 4 is 29.1 Å². The van der Waals surface area contributed by atoms with Crippen LogP contribution < -0.4 is 10.6 Å². The molecule has 3 aromatic heterocycles. The summed E-state index contributed by atoms with van der Waals surface area (Å²) in [5.74, 6) is 1.54. The summed E-state index contributed by atoms with van der Waals surface area (Å²) in [5.41, 5.74) is 4.59. The van der Waals surface area contributed by atoms with E-state index in [0.717, 1.165) is 39.1 Å². The monoisotopic (exact) mass is 478 g/mol. The Morgan fingerprint density at radius 3 is 2.74 bits per heavy atom. The number of nitrogens with zero attached hydrogens (tertiary/aromatic N) is 4. The van der Waals surface area contributed by atoms with Gasteiger partial charge in [0.2, 0.25) is 0 Å². The number of fused-ring (bicyclic) bond motifs is 1. The minimum Gasteiger partial charge on any atom is -0.391 e. The maximum Gasteiger partial charge on any atom is 0.159 e. The Hall–Kier alpha value is -3.59. The molecule has 1 fully saturated rings. The standard InChI is InChI=1S/C25H29FN6O.CH2O/c1-4-22(33)21-7-14(2)18(13-28-21)17-8-16-12-30-23(29-11-15-9-19(15)26)10-20(16)31-24(17)25-27-5-6-32(25)3;1-2/h5-8,10,12-13,15,19,21-22,28,33H,4,9,11H2,1-3H3,(H,29,30);1H2. The van der Waals surface area contributed by atoms with E-state index < -0.39 is 12.3 Å². The Morgan fingerprint density at radius 2 is 2.11 bits per heavy atom. The van der Waals surface area contributed by atoms with Crippen molar-refractivity contribution in [3.05, 3.63) is 54.1 Å². The molecule has 2 aliphatic rings. The third kappa shape index (κ3) is 5.09. The van der Waals surface area contributed by atoms with Crippen LogP contribution in [0.2, 0.25) is 0 Å². The fourth-order valence-electron chi connectivity index (χ4n) is 4.26. The van der Waals surface area contributed by atoms with Gasteiger partial charge in [-0.2, -0.15) is 0 Å². The highest BCUT2D eigenvalue weighted by atomic mass is 19.1. The lowest BCUT2D eigenvalue weighted by molar-refractivity contribution is -0.0980. The van der Waals surface area contributed by atoms with Gasteiger partial charge >= 0.3 is 0 Å². The number of imidazole rings is 1. The van der Waals surface area contributed by atoms with Gasteiger partial charge in [-0.1, -0.05) is 13.0 Å². The van der Waals surface area contributed by atoms with Crippen LogP contribution in [0.25, 0.3) is 28.0 Å². The van der Waals surface area contributed by atoms with Gasteiger partial charge in [0.15, 0.2) is 5.82 Å². The lowest BCUT2D eigenvalue weighted by Gasteiger charge is -2.26. The predicted octanol–water partition coefficient (Wildman–Crippen LogP) is 3.65. The summed E-state index contributed by atoms with van der Waals surface area (Å²) in [6.07, 6.45) is 9.65. The molecule has 0 saturated heterocycles. The first-order valence-corrected chi connectivity index (χ1v) is 11.7. The lowest BCUT2D eigenvalue weighted by atomic mass is 9.92. The summed E-state index contributed by atoms with van der Waals surface area (Å²) in [6, 6.07) is 3.88. The van der Waals surface area contributed by atoms with E-state index in [1.54, 1.807) is 12.4 Å². The molecule has 1 aliphatic heterocycles. The molecule has 4 heterocycles. The number of hydrogen-bond acceptors (Lipinski definition) is 7. The number of anilines is 1. The van der Waals surface area contributed by atoms with Crippen molar-refractivity contribution in [3.8, 4) is 11.5 Å². The zero-order valence-electron chi connectivity index (χ0n) is 20.2. The van der Waals surface area contributed by atoms with Crippen molar-refractivity contribution in [2.45, 2.75) is 45.0 Å². The fraction of sp³-hybridized carbons (Fsp3) is 0.385. The lowest BCUT2D eigenvalue weighted by Crippen LogP contribution is -2.37. The van der Waals surface area contributed by atoms with Crippen molar-refractivity contribution in [3.63, 3.8) is 0 Å². The Bertz CT molecular complexity index is 1270. The maximum absolute atomic E-state index is 13.2. The largest absolute Gasteiger partial charge is 0.391 e. The zero-order chi connectivity index (χ0) is 25.1. The Balaban J connectivity index is 0.00000141. The number of pyridine rings is 2. The molecule has 3 N–H and O–H groups in total. The molecule has 8 nitrogen and oxygen atoms in total. The number of carbonyl (C=O) groups is 1.